The van der Waals surface area contributed by atoms with Crippen molar-refractivity contribution < 1.29 is 9.59 Å². The van der Waals surface area contributed by atoms with Crippen LogP contribution in [-0.2, 0) is 9.59 Å². The van der Waals surface area contributed by atoms with Crippen LogP contribution in [0.3, 0.4) is 0 Å². The monoisotopic (exact) mass is 270 g/mol. The zero-order chi connectivity index (χ0) is 13.1. The summed E-state index contributed by atoms with van der Waals surface area (Å²) in [5, 5.41) is 3.30. The molecule has 0 spiro atoms. The van der Waals surface area contributed by atoms with Crippen molar-refractivity contribution in [2.45, 2.75) is 45.2 Å². The number of hydrogen-bond acceptors (Lipinski definition) is 4. The minimum Gasteiger partial charge on any atom is -0.305 e. The SMILES string of the molecule is CC(C)N1C(=O)CC(NCC2CCSCC2)C1=O. The lowest BCUT2D eigenvalue weighted by atomic mass is 10.0. The van der Waals surface area contributed by atoms with E-state index < -0.39 is 0 Å². The van der Waals surface area contributed by atoms with Crippen LogP contribution in [0, 0.1) is 5.92 Å². The second-order valence-corrected chi connectivity index (χ2v) is 6.64. The van der Waals surface area contributed by atoms with E-state index in [0.717, 1.165) is 6.54 Å². The first-order valence-corrected chi connectivity index (χ1v) is 7.92. The number of nitrogens with zero attached hydrogens (tertiary/aromatic N) is 1. The summed E-state index contributed by atoms with van der Waals surface area (Å²) in [7, 11) is 0. The molecule has 2 aliphatic heterocycles. The maximum Gasteiger partial charge on any atom is 0.247 e. The predicted molar refractivity (Wildman–Crippen MR) is 73.4 cm³/mol. The molecule has 1 N–H and O–H groups in total. The van der Waals surface area contributed by atoms with Crippen LogP contribution in [0.15, 0.2) is 0 Å². The topological polar surface area (TPSA) is 49.4 Å². The first kappa shape index (κ1) is 13.9. The van der Waals surface area contributed by atoms with E-state index in [1.807, 2.05) is 25.6 Å². The fourth-order valence-electron chi connectivity index (χ4n) is 2.61. The molecule has 2 rings (SSSR count). The summed E-state index contributed by atoms with van der Waals surface area (Å²) < 4.78 is 0. The Kier molecular flexibility index (Phi) is 4.67. The summed E-state index contributed by atoms with van der Waals surface area (Å²) in [5.74, 6) is 3.04. The number of imide groups is 1. The molecule has 0 aromatic heterocycles. The maximum absolute atomic E-state index is 12.1. The second kappa shape index (κ2) is 6.06. The van der Waals surface area contributed by atoms with E-state index in [-0.39, 0.29) is 23.9 Å². The Balaban J connectivity index is 1.83. The summed E-state index contributed by atoms with van der Waals surface area (Å²) in [5.41, 5.74) is 0. The number of amides is 2. The lowest BCUT2D eigenvalue weighted by molar-refractivity contribution is -0.140. The molecule has 1 atom stereocenters. The molecule has 2 saturated heterocycles. The second-order valence-electron chi connectivity index (χ2n) is 5.42. The van der Waals surface area contributed by atoms with Gasteiger partial charge in [-0.25, -0.2) is 0 Å². The van der Waals surface area contributed by atoms with Gasteiger partial charge < -0.3 is 5.32 Å². The van der Waals surface area contributed by atoms with Gasteiger partial charge >= 0.3 is 0 Å². The van der Waals surface area contributed by atoms with E-state index in [4.69, 9.17) is 0 Å². The van der Waals surface area contributed by atoms with Crippen molar-refractivity contribution in [1.29, 1.82) is 0 Å². The smallest absolute Gasteiger partial charge is 0.247 e. The van der Waals surface area contributed by atoms with Crippen LogP contribution in [0.2, 0.25) is 0 Å². The third kappa shape index (κ3) is 3.06. The molecular formula is C13H22N2O2S. The van der Waals surface area contributed by atoms with Gasteiger partial charge in [-0.2, -0.15) is 11.8 Å². The normalized spacial score (nSPS) is 26.4. The molecule has 2 aliphatic rings. The van der Waals surface area contributed by atoms with Crippen LogP contribution in [0.1, 0.15) is 33.1 Å². The highest BCUT2D eigenvalue weighted by molar-refractivity contribution is 7.99. The Morgan fingerprint density at radius 1 is 1.33 bits per heavy atom. The van der Waals surface area contributed by atoms with Gasteiger partial charge in [0.1, 0.15) is 0 Å². The molecular weight excluding hydrogens is 248 g/mol. The molecule has 2 heterocycles. The van der Waals surface area contributed by atoms with Gasteiger partial charge in [-0.05, 0) is 50.7 Å². The van der Waals surface area contributed by atoms with Gasteiger partial charge in [0, 0.05) is 6.04 Å². The average Bonchev–Trinajstić information content (AvgIpc) is 2.63. The van der Waals surface area contributed by atoms with Gasteiger partial charge in [0.05, 0.1) is 12.5 Å². The van der Waals surface area contributed by atoms with Crippen molar-refractivity contribution in [3.8, 4) is 0 Å². The van der Waals surface area contributed by atoms with Crippen LogP contribution in [0.25, 0.3) is 0 Å². The number of carbonyl (C=O) groups excluding carboxylic acids is 2. The maximum atomic E-state index is 12.1. The highest BCUT2D eigenvalue weighted by Crippen LogP contribution is 2.23. The zero-order valence-electron chi connectivity index (χ0n) is 11.1. The van der Waals surface area contributed by atoms with E-state index in [2.05, 4.69) is 5.32 Å². The lowest BCUT2D eigenvalue weighted by Crippen LogP contribution is -2.43. The Morgan fingerprint density at radius 3 is 2.56 bits per heavy atom. The molecule has 5 heteroatoms. The quantitative estimate of drug-likeness (QED) is 0.781. The highest BCUT2D eigenvalue weighted by atomic mass is 32.2. The number of likely N-dealkylation sites (tertiary alicyclic amines) is 1. The van der Waals surface area contributed by atoms with Crippen LogP contribution in [0.5, 0.6) is 0 Å². The lowest BCUT2D eigenvalue weighted by Gasteiger charge is -2.23. The Morgan fingerprint density at radius 2 is 2.00 bits per heavy atom. The van der Waals surface area contributed by atoms with Gasteiger partial charge in [0.25, 0.3) is 0 Å². The van der Waals surface area contributed by atoms with Gasteiger partial charge in [0.15, 0.2) is 0 Å². The summed E-state index contributed by atoms with van der Waals surface area (Å²) >= 11 is 2.00. The van der Waals surface area contributed by atoms with E-state index in [9.17, 15) is 9.59 Å². The molecule has 102 valence electrons. The number of carbonyl (C=O) groups is 2. The fraction of sp³-hybridized carbons (Fsp3) is 0.846. The third-order valence-corrected chi connectivity index (χ3v) is 4.74. The number of hydrogen-bond donors (Lipinski definition) is 1. The fourth-order valence-corrected chi connectivity index (χ4v) is 3.82. The Bertz CT molecular complexity index is 327. The zero-order valence-corrected chi connectivity index (χ0v) is 12.0. The molecule has 18 heavy (non-hydrogen) atoms. The van der Waals surface area contributed by atoms with Crippen molar-refractivity contribution in [3.05, 3.63) is 0 Å². The van der Waals surface area contributed by atoms with Crippen molar-refractivity contribution in [2.75, 3.05) is 18.1 Å². The predicted octanol–water partition coefficient (Wildman–Crippen LogP) is 1.26. The van der Waals surface area contributed by atoms with Gasteiger partial charge in [-0.3, -0.25) is 14.5 Å². The van der Waals surface area contributed by atoms with E-state index >= 15 is 0 Å². The summed E-state index contributed by atoms with van der Waals surface area (Å²) in [6.07, 6.45) is 2.78. The molecule has 0 bridgehead atoms. The number of nitrogens with one attached hydrogen (secondary N) is 1. The average molecular weight is 270 g/mol. The first-order chi connectivity index (χ1) is 8.59. The van der Waals surface area contributed by atoms with Crippen molar-refractivity contribution in [2.24, 2.45) is 5.92 Å². The third-order valence-electron chi connectivity index (χ3n) is 3.69. The van der Waals surface area contributed by atoms with E-state index in [0.29, 0.717) is 12.3 Å². The van der Waals surface area contributed by atoms with Crippen LogP contribution in [0.4, 0.5) is 0 Å². The van der Waals surface area contributed by atoms with E-state index in [1.54, 1.807) is 0 Å². The minimum atomic E-state index is -0.283. The largest absolute Gasteiger partial charge is 0.305 e. The molecule has 0 aliphatic carbocycles. The molecule has 4 nitrogen and oxygen atoms in total. The molecule has 0 radical (unpaired) electrons. The first-order valence-electron chi connectivity index (χ1n) is 6.76. The van der Waals surface area contributed by atoms with Crippen molar-refractivity contribution in [1.82, 2.24) is 10.2 Å². The molecule has 1 unspecified atom stereocenters. The molecule has 2 amide bonds. The molecule has 0 saturated carbocycles. The van der Waals surface area contributed by atoms with Crippen LogP contribution < -0.4 is 5.32 Å². The Labute approximate surface area is 113 Å². The van der Waals surface area contributed by atoms with Gasteiger partial charge in [0.2, 0.25) is 11.8 Å². The van der Waals surface area contributed by atoms with Crippen LogP contribution in [-0.4, -0.2) is 46.8 Å². The van der Waals surface area contributed by atoms with E-state index in [1.165, 1.54) is 29.2 Å². The standard InChI is InChI=1S/C13H22N2O2S/c1-9(2)15-12(16)7-11(13(15)17)14-8-10-3-5-18-6-4-10/h9-11,14H,3-8H2,1-2H3. The van der Waals surface area contributed by atoms with Gasteiger partial charge in [-0.15, -0.1) is 0 Å². The van der Waals surface area contributed by atoms with Crippen LogP contribution >= 0.6 is 11.8 Å². The summed E-state index contributed by atoms with van der Waals surface area (Å²) in [6, 6.07) is -0.308. The Hall–Kier alpha value is -0.550. The van der Waals surface area contributed by atoms with Crippen molar-refractivity contribution >= 4 is 23.6 Å². The van der Waals surface area contributed by atoms with Gasteiger partial charge in [-0.1, -0.05) is 0 Å². The summed E-state index contributed by atoms with van der Waals surface area (Å²) in [4.78, 5) is 25.2. The highest BCUT2D eigenvalue weighted by Gasteiger charge is 2.39. The molecule has 0 aromatic rings. The number of thioether (sulfide) groups is 1. The number of rotatable bonds is 4. The summed E-state index contributed by atoms with van der Waals surface area (Å²) in [6.45, 7) is 4.64. The molecule has 0 aromatic carbocycles. The molecule has 2 fully saturated rings. The minimum absolute atomic E-state index is 0.0251. The van der Waals surface area contributed by atoms with Crippen molar-refractivity contribution in [3.63, 3.8) is 0 Å².